The van der Waals surface area contributed by atoms with Gasteiger partial charge in [-0.3, -0.25) is 0 Å². The second-order valence-electron chi connectivity index (χ2n) is 4.67. The SMILES string of the molecule is C#CCCOc1cccc2c1CCC2NCCC. The Labute approximate surface area is 110 Å². The molecule has 2 heteroatoms. The number of rotatable bonds is 6. The number of hydrogen-bond donors (Lipinski definition) is 1. The molecule has 1 aromatic carbocycles. The summed E-state index contributed by atoms with van der Waals surface area (Å²) in [5, 5.41) is 3.59. The van der Waals surface area contributed by atoms with Crippen molar-refractivity contribution >= 4 is 0 Å². The largest absolute Gasteiger partial charge is 0.492 e. The minimum absolute atomic E-state index is 0.496. The lowest BCUT2D eigenvalue weighted by atomic mass is 10.1. The average Bonchev–Trinajstić information content (AvgIpc) is 2.81. The number of ether oxygens (including phenoxy) is 1. The van der Waals surface area contributed by atoms with E-state index in [2.05, 4.69) is 36.4 Å². The molecule has 0 saturated heterocycles. The van der Waals surface area contributed by atoms with E-state index in [1.165, 1.54) is 24.0 Å². The van der Waals surface area contributed by atoms with E-state index in [9.17, 15) is 0 Å². The van der Waals surface area contributed by atoms with Crippen LogP contribution in [0.1, 0.15) is 43.4 Å². The fourth-order valence-electron chi connectivity index (χ4n) is 2.51. The Balaban J connectivity index is 2.07. The standard InChI is InChI=1S/C16H21NO/c1-3-5-12-18-16-8-6-7-13-14(16)9-10-15(13)17-11-4-2/h1,6-8,15,17H,4-5,9-12H2,2H3. The molecule has 1 aliphatic carbocycles. The Morgan fingerprint density at radius 3 is 3.17 bits per heavy atom. The van der Waals surface area contributed by atoms with Crippen LogP contribution in [0.25, 0.3) is 0 Å². The van der Waals surface area contributed by atoms with Crippen molar-refractivity contribution in [2.24, 2.45) is 0 Å². The highest BCUT2D eigenvalue weighted by Crippen LogP contribution is 2.36. The highest BCUT2D eigenvalue weighted by Gasteiger charge is 2.24. The van der Waals surface area contributed by atoms with Gasteiger partial charge in [-0.2, -0.15) is 0 Å². The summed E-state index contributed by atoms with van der Waals surface area (Å²) in [4.78, 5) is 0. The molecule has 0 saturated carbocycles. The summed E-state index contributed by atoms with van der Waals surface area (Å²) in [7, 11) is 0. The monoisotopic (exact) mass is 243 g/mol. The van der Waals surface area contributed by atoms with Crippen molar-refractivity contribution in [3.8, 4) is 18.1 Å². The normalized spacial score (nSPS) is 17.2. The van der Waals surface area contributed by atoms with E-state index in [0.29, 0.717) is 19.1 Å². The van der Waals surface area contributed by atoms with Crippen LogP contribution < -0.4 is 10.1 Å². The zero-order valence-electron chi connectivity index (χ0n) is 11.0. The second kappa shape index (κ2) is 6.47. The predicted octanol–water partition coefficient (Wildman–Crippen LogP) is 3.08. The molecule has 1 N–H and O–H groups in total. The lowest BCUT2D eigenvalue weighted by Crippen LogP contribution is -2.19. The van der Waals surface area contributed by atoms with Gasteiger partial charge in [0, 0.05) is 12.5 Å². The number of hydrogen-bond acceptors (Lipinski definition) is 2. The maximum absolute atomic E-state index is 5.77. The molecule has 0 spiro atoms. The molecule has 0 bridgehead atoms. The van der Waals surface area contributed by atoms with Gasteiger partial charge >= 0.3 is 0 Å². The van der Waals surface area contributed by atoms with Crippen molar-refractivity contribution in [2.75, 3.05) is 13.2 Å². The lowest BCUT2D eigenvalue weighted by Gasteiger charge is -2.14. The van der Waals surface area contributed by atoms with E-state index in [1.807, 2.05) is 0 Å². The first kappa shape index (κ1) is 13.0. The van der Waals surface area contributed by atoms with Gasteiger partial charge in [-0.25, -0.2) is 0 Å². The lowest BCUT2D eigenvalue weighted by molar-refractivity contribution is 0.324. The molecule has 0 fully saturated rings. The Kier molecular flexibility index (Phi) is 4.66. The quantitative estimate of drug-likeness (QED) is 0.612. The first-order valence-corrected chi connectivity index (χ1v) is 6.78. The van der Waals surface area contributed by atoms with Crippen molar-refractivity contribution in [3.05, 3.63) is 29.3 Å². The van der Waals surface area contributed by atoms with E-state index in [0.717, 1.165) is 18.7 Å². The van der Waals surface area contributed by atoms with E-state index in [1.54, 1.807) is 0 Å². The smallest absolute Gasteiger partial charge is 0.122 e. The van der Waals surface area contributed by atoms with Crippen LogP contribution in [0.3, 0.4) is 0 Å². The van der Waals surface area contributed by atoms with Crippen LogP contribution in [0.4, 0.5) is 0 Å². The summed E-state index contributed by atoms with van der Waals surface area (Å²) in [5.74, 6) is 3.62. The van der Waals surface area contributed by atoms with Crippen molar-refractivity contribution in [2.45, 2.75) is 38.6 Å². The third kappa shape index (κ3) is 2.86. The van der Waals surface area contributed by atoms with Gasteiger partial charge in [0.25, 0.3) is 0 Å². The fraction of sp³-hybridized carbons (Fsp3) is 0.500. The first-order chi connectivity index (χ1) is 8.86. The molecule has 1 atom stereocenters. The van der Waals surface area contributed by atoms with Crippen LogP contribution in [-0.2, 0) is 6.42 Å². The summed E-state index contributed by atoms with van der Waals surface area (Å²) >= 11 is 0. The maximum Gasteiger partial charge on any atom is 0.122 e. The molecule has 0 aliphatic heterocycles. The molecule has 0 radical (unpaired) electrons. The van der Waals surface area contributed by atoms with Crippen LogP contribution >= 0.6 is 0 Å². The Morgan fingerprint density at radius 1 is 1.50 bits per heavy atom. The molecule has 2 nitrogen and oxygen atoms in total. The predicted molar refractivity (Wildman–Crippen MR) is 74.7 cm³/mol. The fourth-order valence-corrected chi connectivity index (χ4v) is 2.51. The topological polar surface area (TPSA) is 21.3 Å². The van der Waals surface area contributed by atoms with Gasteiger partial charge in [0.1, 0.15) is 5.75 Å². The molecule has 1 unspecified atom stereocenters. The zero-order valence-corrected chi connectivity index (χ0v) is 11.0. The van der Waals surface area contributed by atoms with Crippen molar-refractivity contribution in [1.29, 1.82) is 0 Å². The molecule has 96 valence electrons. The summed E-state index contributed by atoms with van der Waals surface area (Å²) in [6.07, 6.45) is 9.35. The van der Waals surface area contributed by atoms with Crippen LogP contribution in [0.5, 0.6) is 5.75 Å². The van der Waals surface area contributed by atoms with E-state index in [4.69, 9.17) is 11.2 Å². The number of benzene rings is 1. The van der Waals surface area contributed by atoms with Crippen LogP contribution in [-0.4, -0.2) is 13.2 Å². The molecule has 1 aliphatic rings. The molecule has 2 rings (SSSR count). The van der Waals surface area contributed by atoms with Gasteiger partial charge < -0.3 is 10.1 Å². The van der Waals surface area contributed by atoms with Crippen LogP contribution in [0, 0.1) is 12.3 Å². The summed E-state index contributed by atoms with van der Waals surface area (Å²) in [6, 6.07) is 6.84. The Bertz CT molecular complexity index is 433. The van der Waals surface area contributed by atoms with Gasteiger partial charge in [0.05, 0.1) is 6.61 Å². The zero-order chi connectivity index (χ0) is 12.8. The van der Waals surface area contributed by atoms with Crippen LogP contribution in [0.2, 0.25) is 0 Å². The molecule has 0 heterocycles. The number of terminal acetylenes is 1. The van der Waals surface area contributed by atoms with Crippen molar-refractivity contribution < 1.29 is 4.74 Å². The maximum atomic E-state index is 5.77. The second-order valence-corrected chi connectivity index (χ2v) is 4.67. The number of fused-ring (bicyclic) bond motifs is 1. The van der Waals surface area contributed by atoms with Crippen LogP contribution in [0.15, 0.2) is 18.2 Å². The van der Waals surface area contributed by atoms with Gasteiger partial charge in [0.2, 0.25) is 0 Å². The van der Waals surface area contributed by atoms with E-state index in [-0.39, 0.29) is 0 Å². The van der Waals surface area contributed by atoms with E-state index < -0.39 is 0 Å². The molecular weight excluding hydrogens is 222 g/mol. The minimum atomic E-state index is 0.496. The third-order valence-corrected chi connectivity index (χ3v) is 3.37. The van der Waals surface area contributed by atoms with Gasteiger partial charge in [-0.15, -0.1) is 12.3 Å². The number of nitrogens with one attached hydrogen (secondary N) is 1. The Morgan fingerprint density at radius 2 is 2.39 bits per heavy atom. The van der Waals surface area contributed by atoms with Crippen molar-refractivity contribution in [1.82, 2.24) is 5.32 Å². The van der Waals surface area contributed by atoms with Gasteiger partial charge in [-0.1, -0.05) is 19.1 Å². The highest BCUT2D eigenvalue weighted by molar-refractivity contribution is 5.45. The molecule has 1 aromatic rings. The minimum Gasteiger partial charge on any atom is -0.492 e. The summed E-state index contributed by atoms with van der Waals surface area (Å²) in [6.45, 7) is 3.88. The third-order valence-electron chi connectivity index (χ3n) is 3.37. The Hall–Kier alpha value is -1.46. The van der Waals surface area contributed by atoms with Gasteiger partial charge in [-0.05, 0) is 43.0 Å². The summed E-state index contributed by atoms with van der Waals surface area (Å²) < 4.78 is 5.77. The summed E-state index contributed by atoms with van der Waals surface area (Å²) in [5.41, 5.74) is 2.77. The van der Waals surface area contributed by atoms with Gasteiger partial charge in [0.15, 0.2) is 0 Å². The van der Waals surface area contributed by atoms with E-state index >= 15 is 0 Å². The first-order valence-electron chi connectivity index (χ1n) is 6.78. The molecule has 0 aromatic heterocycles. The highest BCUT2D eigenvalue weighted by atomic mass is 16.5. The molecule has 0 amide bonds. The average molecular weight is 243 g/mol. The molecular formula is C16H21NO. The van der Waals surface area contributed by atoms with Crippen molar-refractivity contribution in [3.63, 3.8) is 0 Å². The molecule has 18 heavy (non-hydrogen) atoms.